The van der Waals surface area contributed by atoms with Crippen molar-refractivity contribution < 1.29 is 0 Å². The van der Waals surface area contributed by atoms with Crippen LogP contribution in [0.25, 0.3) is 0 Å². The number of aromatic nitrogens is 1. The smallest absolute Gasteiger partial charge is 0.248 e. The summed E-state index contributed by atoms with van der Waals surface area (Å²) in [7, 11) is 0. The van der Waals surface area contributed by atoms with Crippen LogP contribution in [0.2, 0.25) is 0 Å². The van der Waals surface area contributed by atoms with Gasteiger partial charge >= 0.3 is 0 Å². The molecule has 2 nitrogen and oxygen atoms in total. The second kappa shape index (κ2) is 1.47. The predicted molar refractivity (Wildman–Crippen MR) is 34.5 cm³/mol. The molecule has 0 amide bonds. The van der Waals surface area contributed by atoms with E-state index in [-0.39, 0.29) is 5.56 Å². The Morgan fingerprint density at radius 3 is 2.67 bits per heavy atom. The zero-order valence-electron chi connectivity index (χ0n) is 4.98. The van der Waals surface area contributed by atoms with E-state index in [1.54, 1.807) is 6.07 Å². The Kier molecular flexibility index (Phi) is 0.781. The molecule has 1 aromatic rings. The van der Waals surface area contributed by atoms with E-state index in [9.17, 15) is 4.79 Å². The van der Waals surface area contributed by atoms with Crippen LogP contribution < -0.4 is 5.56 Å². The molecule has 0 spiro atoms. The highest BCUT2D eigenvalue weighted by atomic mass is 16.1. The number of fused-ring (bicyclic) bond motifs is 1. The molecule has 1 aliphatic carbocycles. The number of pyridine rings is 1. The summed E-state index contributed by atoms with van der Waals surface area (Å²) in [6.07, 6.45) is 2.18. The maximum atomic E-state index is 10.6. The standard InChI is InChI=1S/C7H7NO/c9-7-4-2-5-1-3-6(5)8-7/h2,4H,1,3H2,(H,8,9). The Bertz CT molecular complexity index is 287. The maximum Gasteiger partial charge on any atom is 0.248 e. The Morgan fingerprint density at radius 2 is 2.22 bits per heavy atom. The van der Waals surface area contributed by atoms with Crippen molar-refractivity contribution in [3.05, 3.63) is 33.7 Å². The second-order valence-electron chi connectivity index (χ2n) is 2.33. The summed E-state index contributed by atoms with van der Waals surface area (Å²) in [5.41, 5.74) is 2.45. The highest BCUT2D eigenvalue weighted by molar-refractivity contribution is 5.28. The third-order valence-corrected chi connectivity index (χ3v) is 1.74. The van der Waals surface area contributed by atoms with Gasteiger partial charge in [-0.25, -0.2) is 0 Å². The molecule has 1 N–H and O–H groups in total. The zero-order chi connectivity index (χ0) is 6.27. The monoisotopic (exact) mass is 121 g/mol. The maximum absolute atomic E-state index is 10.6. The molecule has 0 unspecified atom stereocenters. The fraction of sp³-hybridized carbons (Fsp3) is 0.286. The highest BCUT2D eigenvalue weighted by Crippen LogP contribution is 2.16. The van der Waals surface area contributed by atoms with Crippen LogP contribution in [0.4, 0.5) is 0 Å². The fourth-order valence-electron chi connectivity index (χ4n) is 1.09. The van der Waals surface area contributed by atoms with Gasteiger partial charge < -0.3 is 4.98 Å². The molecule has 2 rings (SSSR count). The molecule has 1 heterocycles. The van der Waals surface area contributed by atoms with Crippen molar-refractivity contribution in [2.24, 2.45) is 0 Å². The third kappa shape index (κ3) is 0.593. The van der Waals surface area contributed by atoms with Crippen molar-refractivity contribution >= 4 is 0 Å². The van der Waals surface area contributed by atoms with Gasteiger partial charge in [-0.2, -0.15) is 0 Å². The molecular formula is C7H7NO. The lowest BCUT2D eigenvalue weighted by Gasteiger charge is -2.15. The van der Waals surface area contributed by atoms with E-state index < -0.39 is 0 Å². The van der Waals surface area contributed by atoms with Crippen molar-refractivity contribution in [3.63, 3.8) is 0 Å². The van der Waals surface area contributed by atoms with Gasteiger partial charge in [0.1, 0.15) is 0 Å². The van der Waals surface area contributed by atoms with Gasteiger partial charge in [-0.3, -0.25) is 4.79 Å². The molecular weight excluding hydrogens is 114 g/mol. The SMILES string of the molecule is O=c1ccc2c([nH]1)CC2. The molecule has 1 aromatic heterocycles. The van der Waals surface area contributed by atoms with Crippen LogP contribution in [0, 0.1) is 0 Å². The first-order valence-electron chi connectivity index (χ1n) is 3.07. The Morgan fingerprint density at radius 1 is 1.33 bits per heavy atom. The Hall–Kier alpha value is -1.05. The first-order chi connectivity index (χ1) is 4.36. The summed E-state index contributed by atoms with van der Waals surface area (Å²) in [4.78, 5) is 13.4. The van der Waals surface area contributed by atoms with E-state index in [4.69, 9.17) is 0 Å². The summed E-state index contributed by atoms with van der Waals surface area (Å²) in [6.45, 7) is 0. The molecule has 0 aliphatic heterocycles. The summed E-state index contributed by atoms with van der Waals surface area (Å²) in [5, 5.41) is 0. The predicted octanol–water partition coefficient (Wildman–Crippen LogP) is 0.474. The molecule has 1 aliphatic rings. The van der Waals surface area contributed by atoms with Gasteiger partial charge in [-0.05, 0) is 18.4 Å². The molecule has 0 saturated carbocycles. The normalized spacial score (nSPS) is 14.2. The highest BCUT2D eigenvalue weighted by Gasteiger charge is 2.11. The number of aryl methyl sites for hydroxylation is 2. The van der Waals surface area contributed by atoms with E-state index in [0.717, 1.165) is 18.5 Å². The van der Waals surface area contributed by atoms with Crippen LogP contribution in [0.1, 0.15) is 11.3 Å². The van der Waals surface area contributed by atoms with Gasteiger partial charge in [0.05, 0.1) is 0 Å². The zero-order valence-corrected chi connectivity index (χ0v) is 4.98. The number of rotatable bonds is 0. The first-order valence-corrected chi connectivity index (χ1v) is 3.07. The number of hydrogen-bond donors (Lipinski definition) is 1. The van der Waals surface area contributed by atoms with Gasteiger partial charge in [0, 0.05) is 11.8 Å². The lowest BCUT2D eigenvalue weighted by Crippen LogP contribution is -2.17. The number of H-pyrrole nitrogens is 1. The van der Waals surface area contributed by atoms with E-state index in [1.165, 1.54) is 5.56 Å². The number of hydrogen-bond acceptors (Lipinski definition) is 1. The van der Waals surface area contributed by atoms with E-state index in [0.29, 0.717) is 0 Å². The van der Waals surface area contributed by atoms with Crippen LogP contribution in [0.3, 0.4) is 0 Å². The molecule has 0 atom stereocenters. The average Bonchev–Trinajstić information content (AvgIpc) is 1.78. The van der Waals surface area contributed by atoms with Crippen LogP contribution in [0.15, 0.2) is 16.9 Å². The van der Waals surface area contributed by atoms with Gasteiger partial charge in [0.2, 0.25) is 5.56 Å². The summed E-state index contributed by atoms with van der Waals surface area (Å²) in [6, 6.07) is 3.48. The van der Waals surface area contributed by atoms with E-state index >= 15 is 0 Å². The van der Waals surface area contributed by atoms with Crippen LogP contribution in [-0.4, -0.2) is 4.98 Å². The van der Waals surface area contributed by atoms with E-state index in [2.05, 4.69) is 4.98 Å². The van der Waals surface area contributed by atoms with Crippen molar-refractivity contribution in [1.82, 2.24) is 4.98 Å². The molecule has 0 bridgehead atoms. The third-order valence-electron chi connectivity index (χ3n) is 1.74. The van der Waals surface area contributed by atoms with E-state index in [1.807, 2.05) is 6.07 Å². The van der Waals surface area contributed by atoms with Crippen LogP contribution in [-0.2, 0) is 12.8 Å². The van der Waals surface area contributed by atoms with Crippen molar-refractivity contribution in [2.75, 3.05) is 0 Å². The second-order valence-corrected chi connectivity index (χ2v) is 2.33. The number of aromatic amines is 1. The summed E-state index contributed by atoms with van der Waals surface area (Å²) >= 11 is 0. The minimum Gasteiger partial charge on any atom is -0.326 e. The molecule has 0 aromatic carbocycles. The van der Waals surface area contributed by atoms with Gasteiger partial charge in [0.15, 0.2) is 0 Å². The topological polar surface area (TPSA) is 32.9 Å². The van der Waals surface area contributed by atoms with Crippen LogP contribution >= 0.6 is 0 Å². The molecule has 9 heavy (non-hydrogen) atoms. The average molecular weight is 121 g/mol. The Labute approximate surface area is 52.5 Å². The first kappa shape index (κ1) is 4.79. The van der Waals surface area contributed by atoms with Crippen molar-refractivity contribution in [2.45, 2.75) is 12.8 Å². The van der Waals surface area contributed by atoms with Gasteiger partial charge in [0.25, 0.3) is 0 Å². The lowest BCUT2D eigenvalue weighted by atomic mass is 9.95. The minimum absolute atomic E-state index is 0.0217. The lowest BCUT2D eigenvalue weighted by molar-refractivity contribution is 0.781. The van der Waals surface area contributed by atoms with Gasteiger partial charge in [-0.15, -0.1) is 0 Å². The van der Waals surface area contributed by atoms with Gasteiger partial charge in [-0.1, -0.05) is 6.07 Å². The molecule has 46 valence electrons. The summed E-state index contributed by atoms with van der Waals surface area (Å²) in [5.74, 6) is 0. The van der Waals surface area contributed by atoms with Crippen molar-refractivity contribution in [1.29, 1.82) is 0 Å². The molecule has 0 fully saturated rings. The van der Waals surface area contributed by atoms with Crippen molar-refractivity contribution in [3.8, 4) is 0 Å². The Balaban J connectivity index is 2.70. The molecule has 2 heteroatoms. The summed E-state index contributed by atoms with van der Waals surface area (Å²) < 4.78 is 0. The number of nitrogens with one attached hydrogen (secondary N) is 1. The molecule has 0 radical (unpaired) electrons. The quantitative estimate of drug-likeness (QED) is 0.532. The molecule has 0 saturated heterocycles. The minimum atomic E-state index is 0.0217. The largest absolute Gasteiger partial charge is 0.326 e. The van der Waals surface area contributed by atoms with Crippen LogP contribution in [0.5, 0.6) is 0 Å². The fourth-order valence-corrected chi connectivity index (χ4v) is 1.09.